The summed E-state index contributed by atoms with van der Waals surface area (Å²) in [6.07, 6.45) is 3.64. The highest BCUT2D eigenvalue weighted by Crippen LogP contribution is 2.27. The number of carbonyl (C=O) groups is 2. The second-order valence-corrected chi connectivity index (χ2v) is 10.0. The molecule has 0 unspecified atom stereocenters. The van der Waals surface area contributed by atoms with Crippen molar-refractivity contribution in [3.8, 4) is 11.5 Å². The Morgan fingerprint density at radius 2 is 1.06 bits per heavy atom. The summed E-state index contributed by atoms with van der Waals surface area (Å²) in [4.78, 5) is 25.8. The van der Waals surface area contributed by atoms with Crippen LogP contribution in [0.15, 0.2) is 60.7 Å². The molecule has 3 aromatic rings. The van der Waals surface area contributed by atoms with Crippen LogP contribution in [0.4, 0.5) is 11.4 Å². The van der Waals surface area contributed by atoms with Crippen molar-refractivity contribution in [2.24, 2.45) is 11.8 Å². The van der Waals surface area contributed by atoms with E-state index in [0.29, 0.717) is 23.2 Å². The van der Waals surface area contributed by atoms with Crippen LogP contribution < -0.4 is 10.6 Å². The molecule has 0 aromatic heterocycles. The molecule has 4 N–H and O–H groups in total. The van der Waals surface area contributed by atoms with Crippen LogP contribution in [0.3, 0.4) is 0 Å². The summed E-state index contributed by atoms with van der Waals surface area (Å²) in [7, 11) is 0. The van der Waals surface area contributed by atoms with Crippen LogP contribution >= 0.6 is 0 Å². The van der Waals surface area contributed by atoms with E-state index in [-0.39, 0.29) is 22.6 Å². The largest absolute Gasteiger partial charge is 0.507 e. The predicted octanol–water partition coefficient (Wildman–Crippen LogP) is 6.78. The first-order valence-electron chi connectivity index (χ1n) is 12.5. The second kappa shape index (κ2) is 12.2. The van der Waals surface area contributed by atoms with Gasteiger partial charge in [-0.3, -0.25) is 9.59 Å². The van der Waals surface area contributed by atoms with Gasteiger partial charge in [0.15, 0.2) is 0 Å². The number of para-hydroxylation sites is 2. The number of rotatable bonds is 10. The van der Waals surface area contributed by atoms with E-state index in [0.717, 1.165) is 36.8 Å². The lowest BCUT2D eigenvalue weighted by atomic mass is 10.0. The standard InChI is InChI=1S/C30H36N2O4/c1-19(2)9-11-21-13-15-23(27(33)17-21)29(35)31-25-7-5-6-8-26(25)32-30(36)24-16-14-22(18-28(24)34)12-10-20(3)4/h5-8,13-20,33-34H,9-12H2,1-4H3,(H,31,35)(H,32,36). The molecular weight excluding hydrogens is 452 g/mol. The third kappa shape index (κ3) is 7.35. The summed E-state index contributed by atoms with van der Waals surface area (Å²) in [5.41, 5.74) is 3.01. The average molecular weight is 489 g/mol. The first-order chi connectivity index (χ1) is 17.1. The zero-order valence-electron chi connectivity index (χ0n) is 21.5. The Kier molecular flexibility index (Phi) is 9.12. The molecule has 0 aliphatic heterocycles. The van der Waals surface area contributed by atoms with Crippen LogP contribution in [0, 0.1) is 11.8 Å². The van der Waals surface area contributed by atoms with Crippen LogP contribution in [0.1, 0.15) is 72.4 Å². The number of phenolic OH excluding ortho intramolecular Hbond substituents is 2. The summed E-state index contributed by atoms with van der Waals surface area (Å²) >= 11 is 0. The fourth-order valence-corrected chi connectivity index (χ4v) is 3.84. The van der Waals surface area contributed by atoms with Crippen molar-refractivity contribution < 1.29 is 19.8 Å². The minimum atomic E-state index is -0.484. The molecule has 3 aromatic carbocycles. The third-order valence-corrected chi connectivity index (χ3v) is 6.06. The maximum absolute atomic E-state index is 12.9. The van der Waals surface area contributed by atoms with Crippen molar-refractivity contribution in [1.82, 2.24) is 0 Å². The number of hydrogen-bond acceptors (Lipinski definition) is 4. The molecule has 2 amide bonds. The van der Waals surface area contributed by atoms with Crippen molar-refractivity contribution >= 4 is 23.2 Å². The van der Waals surface area contributed by atoms with E-state index >= 15 is 0 Å². The zero-order valence-corrected chi connectivity index (χ0v) is 21.5. The molecule has 0 saturated heterocycles. The highest BCUT2D eigenvalue weighted by molar-refractivity contribution is 6.11. The van der Waals surface area contributed by atoms with Crippen molar-refractivity contribution in [1.29, 1.82) is 0 Å². The van der Waals surface area contributed by atoms with Gasteiger partial charge in [0.25, 0.3) is 11.8 Å². The third-order valence-electron chi connectivity index (χ3n) is 6.06. The van der Waals surface area contributed by atoms with Crippen LogP contribution in [0.2, 0.25) is 0 Å². The van der Waals surface area contributed by atoms with Gasteiger partial charge in [-0.05, 0) is 85.0 Å². The Morgan fingerprint density at radius 3 is 1.39 bits per heavy atom. The molecule has 190 valence electrons. The average Bonchev–Trinajstić information content (AvgIpc) is 2.82. The van der Waals surface area contributed by atoms with Gasteiger partial charge in [0.2, 0.25) is 0 Å². The normalized spacial score (nSPS) is 11.1. The highest BCUT2D eigenvalue weighted by atomic mass is 16.3. The van der Waals surface area contributed by atoms with Gasteiger partial charge < -0.3 is 20.8 Å². The lowest BCUT2D eigenvalue weighted by Gasteiger charge is -2.14. The highest BCUT2D eigenvalue weighted by Gasteiger charge is 2.17. The number of aryl methyl sites for hydroxylation is 2. The Bertz CT molecular complexity index is 1120. The molecule has 0 spiro atoms. The first-order valence-corrected chi connectivity index (χ1v) is 12.5. The number of aromatic hydroxyl groups is 2. The minimum Gasteiger partial charge on any atom is -0.507 e. The molecule has 0 heterocycles. The van der Waals surface area contributed by atoms with Crippen LogP contribution in [0.5, 0.6) is 11.5 Å². The maximum atomic E-state index is 12.9. The second-order valence-electron chi connectivity index (χ2n) is 10.0. The number of hydrogen-bond donors (Lipinski definition) is 4. The van der Waals surface area contributed by atoms with Gasteiger partial charge in [-0.2, -0.15) is 0 Å². The Morgan fingerprint density at radius 1 is 0.667 bits per heavy atom. The van der Waals surface area contributed by atoms with Gasteiger partial charge in [-0.25, -0.2) is 0 Å². The molecule has 3 rings (SSSR count). The van der Waals surface area contributed by atoms with E-state index in [4.69, 9.17) is 0 Å². The molecule has 0 atom stereocenters. The summed E-state index contributed by atoms with van der Waals surface area (Å²) in [6.45, 7) is 8.56. The molecule has 0 bridgehead atoms. The lowest BCUT2D eigenvalue weighted by molar-refractivity contribution is 0.101. The number of benzene rings is 3. The predicted molar refractivity (Wildman–Crippen MR) is 145 cm³/mol. The maximum Gasteiger partial charge on any atom is 0.259 e. The smallest absolute Gasteiger partial charge is 0.259 e. The zero-order chi connectivity index (χ0) is 26.2. The van der Waals surface area contributed by atoms with Crippen molar-refractivity contribution in [3.05, 3.63) is 82.9 Å². The number of anilines is 2. The van der Waals surface area contributed by atoms with E-state index < -0.39 is 11.8 Å². The van der Waals surface area contributed by atoms with Crippen molar-refractivity contribution in [3.63, 3.8) is 0 Å². The van der Waals surface area contributed by atoms with Gasteiger partial charge in [0.05, 0.1) is 22.5 Å². The van der Waals surface area contributed by atoms with E-state index in [1.54, 1.807) is 48.5 Å². The topological polar surface area (TPSA) is 98.7 Å². The molecule has 0 aliphatic rings. The van der Waals surface area contributed by atoms with E-state index in [1.165, 1.54) is 0 Å². The van der Waals surface area contributed by atoms with Gasteiger partial charge in [-0.15, -0.1) is 0 Å². The molecule has 6 heteroatoms. The minimum absolute atomic E-state index is 0.0854. The molecule has 0 radical (unpaired) electrons. The SMILES string of the molecule is CC(C)CCc1ccc(C(=O)Nc2ccccc2NC(=O)c2ccc(CCC(C)C)cc2O)c(O)c1. The molecule has 0 aliphatic carbocycles. The van der Waals surface area contributed by atoms with Gasteiger partial charge in [0.1, 0.15) is 11.5 Å². The molecular formula is C30H36N2O4. The quantitative estimate of drug-likeness (QED) is 0.253. The Labute approximate surface area is 213 Å². The summed E-state index contributed by atoms with van der Waals surface area (Å²) in [6, 6.07) is 17.0. The first kappa shape index (κ1) is 26.8. The fraction of sp³-hybridized carbons (Fsp3) is 0.333. The number of nitrogens with one attached hydrogen (secondary N) is 2. The van der Waals surface area contributed by atoms with Crippen LogP contribution in [-0.4, -0.2) is 22.0 Å². The van der Waals surface area contributed by atoms with Crippen LogP contribution in [-0.2, 0) is 12.8 Å². The van der Waals surface area contributed by atoms with E-state index in [2.05, 4.69) is 38.3 Å². The van der Waals surface area contributed by atoms with Gasteiger partial charge in [-0.1, -0.05) is 52.0 Å². The van der Waals surface area contributed by atoms with E-state index in [9.17, 15) is 19.8 Å². The lowest BCUT2D eigenvalue weighted by Crippen LogP contribution is -2.17. The molecule has 0 saturated carbocycles. The molecule has 6 nitrogen and oxygen atoms in total. The number of amides is 2. The van der Waals surface area contributed by atoms with Crippen molar-refractivity contribution in [2.75, 3.05) is 10.6 Å². The monoisotopic (exact) mass is 488 g/mol. The molecule has 36 heavy (non-hydrogen) atoms. The summed E-state index contributed by atoms with van der Waals surface area (Å²) < 4.78 is 0. The van der Waals surface area contributed by atoms with E-state index in [1.807, 2.05) is 12.1 Å². The van der Waals surface area contributed by atoms with Gasteiger partial charge in [0, 0.05) is 0 Å². The number of carbonyl (C=O) groups excluding carboxylic acids is 2. The molecule has 0 fully saturated rings. The summed E-state index contributed by atoms with van der Waals surface area (Å²) in [5, 5.41) is 26.4. The number of phenols is 2. The summed E-state index contributed by atoms with van der Waals surface area (Å²) in [5.74, 6) is -0.0439. The van der Waals surface area contributed by atoms with Crippen LogP contribution in [0.25, 0.3) is 0 Å². The Balaban J connectivity index is 1.72. The van der Waals surface area contributed by atoms with Crippen molar-refractivity contribution in [2.45, 2.75) is 53.4 Å². The Hall–Kier alpha value is -3.80. The van der Waals surface area contributed by atoms with Gasteiger partial charge >= 0.3 is 0 Å². The fourth-order valence-electron chi connectivity index (χ4n) is 3.84.